The average molecular weight is 475 g/mol. The predicted molar refractivity (Wildman–Crippen MR) is 132 cm³/mol. The minimum atomic E-state index is -0.746. The number of hydrogen-bond acceptors (Lipinski definition) is 7. The van der Waals surface area contributed by atoms with E-state index in [0.29, 0.717) is 5.69 Å². The molecule has 4 N–H and O–H groups in total. The van der Waals surface area contributed by atoms with Crippen molar-refractivity contribution in [2.24, 2.45) is 5.92 Å². The van der Waals surface area contributed by atoms with Crippen LogP contribution in [0.4, 0.5) is 17.2 Å². The Bertz CT molecular complexity index is 1120. The maximum absolute atomic E-state index is 13.2. The predicted octanol–water partition coefficient (Wildman–Crippen LogP) is 0.497. The van der Waals surface area contributed by atoms with Crippen LogP contribution in [0.25, 0.3) is 0 Å². The highest BCUT2D eigenvalue weighted by atomic mass is 16.5. The topological polar surface area (TPSA) is 143 Å². The first-order chi connectivity index (χ1) is 16.1. The van der Waals surface area contributed by atoms with Gasteiger partial charge in [0.05, 0.1) is 19.6 Å². The summed E-state index contributed by atoms with van der Waals surface area (Å²) in [5.74, 6) is -0.513. The average Bonchev–Trinajstić information content (AvgIpc) is 2.77. The molecule has 186 valence electrons. The molecule has 1 heterocycles. The molecule has 0 saturated heterocycles. The Balaban J connectivity index is 2.35. The van der Waals surface area contributed by atoms with Gasteiger partial charge < -0.3 is 25.6 Å². The van der Waals surface area contributed by atoms with Crippen molar-refractivity contribution in [2.75, 3.05) is 56.9 Å². The molecule has 0 aliphatic carbocycles. The van der Waals surface area contributed by atoms with Crippen LogP contribution in [0.5, 0.6) is 0 Å². The van der Waals surface area contributed by atoms with E-state index in [1.54, 1.807) is 32.3 Å². The van der Waals surface area contributed by atoms with Crippen molar-refractivity contribution in [3.05, 3.63) is 50.7 Å². The maximum atomic E-state index is 13.2. The van der Waals surface area contributed by atoms with E-state index in [9.17, 15) is 19.2 Å². The summed E-state index contributed by atoms with van der Waals surface area (Å²) >= 11 is 0. The number of para-hydroxylation sites is 1. The molecule has 0 fully saturated rings. The molecule has 2 aromatic rings. The Labute approximate surface area is 198 Å². The van der Waals surface area contributed by atoms with E-state index in [2.05, 4.69) is 10.3 Å². The monoisotopic (exact) mass is 474 g/mol. The van der Waals surface area contributed by atoms with Crippen LogP contribution in [0.1, 0.15) is 19.4 Å². The number of nitrogen functional groups attached to an aromatic ring is 1. The molecule has 11 nitrogen and oxygen atoms in total. The summed E-state index contributed by atoms with van der Waals surface area (Å²) in [6.07, 6.45) is 0.171. The molecule has 0 atom stereocenters. The third-order valence-corrected chi connectivity index (χ3v) is 5.14. The van der Waals surface area contributed by atoms with Crippen LogP contribution < -0.4 is 27.2 Å². The van der Waals surface area contributed by atoms with Gasteiger partial charge in [-0.15, -0.1) is 0 Å². The van der Waals surface area contributed by atoms with Gasteiger partial charge in [0.25, 0.3) is 5.56 Å². The van der Waals surface area contributed by atoms with Gasteiger partial charge in [-0.25, -0.2) is 4.79 Å². The number of carbonyl (C=O) groups excluding carboxylic acids is 2. The number of aromatic amines is 1. The molecule has 2 rings (SSSR count). The number of aromatic nitrogens is 2. The van der Waals surface area contributed by atoms with Crippen LogP contribution >= 0.6 is 0 Å². The molecule has 0 aliphatic heterocycles. The third kappa shape index (κ3) is 6.70. The fourth-order valence-electron chi connectivity index (χ4n) is 3.36. The molecule has 34 heavy (non-hydrogen) atoms. The number of carbonyl (C=O) groups is 2. The molecular formula is C23H34N6O5. The van der Waals surface area contributed by atoms with Gasteiger partial charge in [0.1, 0.15) is 5.82 Å². The van der Waals surface area contributed by atoms with Crippen molar-refractivity contribution in [1.29, 1.82) is 0 Å². The van der Waals surface area contributed by atoms with E-state index in [-0.39, 0.29) is 56.0 Å². The smallest absolute Gasteiger partial charge is 0.330 e. The highest BCUT2D eigenvalue weighted by molar-refractivity contribution is 5.98. The number of benzene rings is 1. The number of ether oxygens (including phenoxy) is 1. The van der Waals surface area contributed by atoms with E-state index >= 15 is 0 Å². The van der Waals surface area contributed by atoms with Crippen LogP contribution in [0.15, 0.2) is 33.9 Å². The molecule has 0 bridgehead atoms. The molecule has 2 amide bonds. The fraction of sp³-hybridized carbons (Fsp3) is 0.478. The number of hydrogen-bond donors (Lipinski definition) is 3. The molecular weight excluding hydrogens is 440 g/mol. The summed E-state index contributed by atoms with van der Waals surface area (Å²) in [5.41, 5.74) is 6.10. The van der Waals surface area contributed by atoms with Crippen molar-refractivity contribution in [2.45, 2.75) is 26.8 Å². The number of amides is 2. The number of nitrogens with two attached hydrogens (primary N) is 1. The SMILES string of the molecule is COCCN(C(=O)CNc1ccccc1CC(=O)N(C)C)c1c(N)n(CC(C)C)c(=O)[nH]c1=O. The lowest BCUT2D eigenvalue weighted by Crippen LogP contribution is -2.44. The van der Waals surface area contributed by atoms with Gasteiger partial charge in [0.2, 0.25) is 11.8 Å². The Morgan fingerprint density at radius 3 is 2.47 bits per heavy atom. The number of H-pyrrole nitrogens is 1. The Morgan fingerprint density at radius 2 is 1.85 bits per heavy atom. The second-order valence-electron chi connectivity index (χ2n) is 8.51. The van der Waals surface area contributed by atoms with Crippen molar-refractivity contribution in [3.8, 4) is 0 Å². The van der Waals surface area contributed by atoms with Crippen LogP contribution in [0.3, 0.4) is 0 Å². The molecule has 0 spiro atoms. The minimum Gasteiger partial charge on any atom is -0.383 e. The largest absolute Gasteiger partial charge is 0.383 e. The Hall–Kier alpha value is -3.60. The van der Waals surface area contributed by atoms with Gasteiger partial charge in [0.15, 0.2) is 5.69 Å². The lowest BCUT2D eigenvalue weighted by Gasteiger charge is -2.25. The number of nitrogens with one attached hydrogen (secondary N) is 2. The lowest BCUT2D eigenvalue weighted by molar-refractivity contribution is -0.128. The maximum Gasteiger partial charge on any atom is 0.330 e. The van der Waals surface area contributed by atoms with Crippen LogP contribution in [0, 0.1) is 5.92 Å². The van der Waals surface area contributed by atoms with E-state index < -0.39 is 17.2 Å². The minimum absolute atomic E-state index is 0.0605. The summed E-state index contributed by atoms with van der Waals surface area (Å²) in [5, 5.41) is 3.06. The first kappa shape index (κ1) is 26.7. The number of likely N-dealkylation sites (N-methyl/N-ethyl adjacent to an activating group) is 1. The summed E-state index contributed by atoms with van der Waals surface area (Å²) in [6, 6.07) is 7.19. The zero-order valence-corrected chi connectivity index (χ0v) is 20.4. The number of anilines is 3. The van der Waals surface area contributed by atoms with Crippen molar-refractivity contribution < 1.29 is 14.3 Å². The standard InChI is InChI=1S/C23H34N6O5/c1-15(2)14-29-21(24)20(22(32)26-23(29)33)28(10-11-34-5)19(31)13-25-17-9-7-6-8-16(17)12-18(30)27(3)4/h6-9,15,25H,10-14,24H2,1-5H3,(H,26,32,33). The van der Waals surface area contributed by atoms with Crippen LogP contribution in [0.2, 0.25) is 0 Å². The highest BCUT2D eigenvalue weighted by Gasteiger charge is 2.24. The number of methoxy groups -OCH3 is 1. The normalized spacial score (nSPS) is 10.9. The molecule has 0 aliphatic rings. The molecule has 0 radical (unpaired) electrons. The first-order valence-corrected chi connectivity index (χ1v) is 11.0. The van der Waals surface area contributed by atoms with Crippen molar-refractivity contribution >= 4 is 29.0 Å². The number of rotatable bonds is 11. The van der Waals surface area contributed by atoms with Gasteiger partial charge in [0, 0.05) is 40.0 Å². The third-order valence-electron chi connectivity index (χ3n) is 5.14. The molecule has 1 aromatic carbocycles. The Morgan fingerprint density at radius 1 is 1.18 bits per heavy atom. The molecule has 0 unspecified atom stereocenters. The second kappa shape index (κ2) is 12.0. The van der Waals surface area contributed by atoms with Gasteiger partial charge in [-0.1, -0.05) is 32.0 Å². The molecule has 0 saturated carbocycles. The van der Waals surface area contributed by atoms with Crippen molar-refractivity contribution in [1.82, 2.24) is 14.5 Å². The second-order valence-corrected chi connectivity index (χ2v) is 8.51. The summed E-state index contributed by atoms with van der Waals surface area (Å²) < 4.78 is 6.37. The molecule has 1 aromatic heterocycles. The quantitative estimate of drug-likeness (QED) is 0.430. The van der Waals surface area contributed by atoms with E-state index in [4.69, 9.17) is 10.5 Å². The highest BCUT2D eigenvalue weighted by Crippen LogP contribution is 2.19. The zero-order valence-electron chi connectivity index (χ0n) is 20.4. The Kier molecular flexibility index (Phi) is 9.43. The van der Waals surface area contributed by atoms with Crippen LogP contribution in [-0.4, -0.2) is 67.2 Å². The summed E-state index contributed by atoms with van der Waals surface area (Å²) in [7, 11) is 4.83. The molecule has 11 heteroatoms. The van der Waals surface area contributed by atoms with Crippen LogP contribution in [-0.2, 0) is 27.3 Å². The van der Waals surface area contributed by atoms with Crippen molar-refractivity contribution in [3.63, 3.8) is 0 Å². The van der Waals surface area contributed by atoms with E-state index in [1.807, 2.05) is 19.9 Å². The van der Waals surface area contributed by atoms with E-state index in [0.717, 1.165) is 5.56 Å². The van der Waals surface area contributed by atoms with Gasteiger partial charge in [-0.05, 0) is 17.5 Å². The number of nitrogens with zero attached hydrogens (tertiary/aromatic N) is 3. The zero-order chi connectivity index (χ0) is 25.4. The fourth-order valence-corrected chi connectivity index (χ4v) is 3.36. The van der Waals surface area contributed by atoms with E-state index in [1.165, 1.54) is 21.5 Å². The summed E-state index contributed by atoms with van der Waals surface area (Å²) in [6.45, 7) is 4.15. The van der Waals surface area contributed by atoms with Gasteiger partial charge >= 0.3 is 5.69 Å². The first-order valence-electron chi connectivity index (χ1n) is 11.0. The lowest BCUT2D eigenvalue weighted by atomic mass is 10.1. The summed E-state index contributed by atoms with van der Waals surface area (Å²) in [4.78, 5) is 55.3. The van der Waals surface area contributed by atoms with Gasteiger partial charge in [-0.2, -0.15) is 0 Å². The van der Waals surface area contributed by atoms with Gasteiger partial charge in [-0.3, -0.25) is 23.9 Å².